The minimum atomic E-state index is -0.440. The second-order valence-electron chi connectivity index (χ2n) is 6.00. The topological polar surface area (TPSA) is 79.2 Å². The van der Waals surface area contributed by atoms with Gasteiger partial charge in [0.15, 0.2) is 12.4 Å². The van der Waals surface area contributed by atoms with E-state index in [1.165, 1.54) is 12.1 Å². The van der Waals surface area contributed by atoms with Crippen LogP contribution in [-0.2, 0) is 4.79 Å². The Bertz CT molecular complexity index is 1090. The fourth-order valence-electron chi connectivity index (χ4n) is 2.52. The highest BCUT2D eigenvalue weighted by atomic mass is 35.5. The van der Waals surface area contributed by atoms with E-state index in [0.717, 1.165) is 0 Å². The molecule has 1 amide bonds. The van der Waals surface area contributed by atoms with Gasteiger partial charge >= 0.3 is 0 Å². The number of benzene rings is 3. The summed E-state index contributed by atoms with van der Waals surface area (Å²) in [5, 5.41) is 12.6. The monoisotopic (exact) mass is 424 g/mol. The van der Waals surface area contributed by atoms with E-state index in [-0.39, 0.29) is 12.4 Å². The summed E-state index contributed by atoms with van der Waals surface area (Å²) in [6.45, 7) is -0.262. The Balaban J connectivity index is 1.60. The first-order valence-corrected chi connectivity index (χ1v) is 9.24. The Morgan fingerprint density at radius 2 is 1.48 bits per heavy atom. The summed E-state index contributed by atoms with van der Waals surface area (Å²) in [5.41, 5.74) is 1.63. The molecule has 0 bridgehead atoms. The molecule has 7 heteroatoms. The lowest BCUT2D eigenvalue weighted by Crippen LogP contribution is -2.20. The van der Waals surface area contributed by atoms with Crippen LogP contribution in [0, 0.1) is 11.3 Å². The zero-order chi connectivity index (χ0) is 20.8. The molecule has 3 aromatic carbocycles. The van der Waals surface area contributed by atoms with Gasteiger partial charge in [-0.25, -0.2) is 0 Å². The van der Waals surface area contributed by atoms with Gasteiger partial charge in [0.1, 0.15) is 11.8 Å². The molecular weight excluding hydrogens is 411 g/mol. The highest BCUT2D eigenvalue weighted by Crippen LogP contribution is 2.21. The number of ketones is 1. The Morgan fingerprint density at radius 3 is 2.10 bits per heavy atom. The molecule has 0 aliphatic carbocycles. The number of carbonyl (C=O) groups is 2. The zero-order valence-corrected chi connectivity index (χ0v) is 16.5. The lowest BCUT2D eigenvalue weighted by Gasteiger charge is -2.09. The molecule has 144 valence electrons. The lowest BCUT2D eigenvalue weighted by molar-refractivity contribution is -0.118. The van der Waals surface area contributed by atoms with Crippen LogP contribution < -0.4 is 10.1 Å². The van der Waals surface area contributed by atoms with E-state index in [1.54, 1.807) is 54.6 Å². The number of amides is 1. The van der Waals surface area contributed by atoms with Gasteiger partial charge in [0.2, 0.25) is 0 Å². The Labute approximate surface area is 177 Å². The minimum absolute atomic E-state index is 0.143. The SMILES string of the molecule is N#Cc1ccc(Cl)cc1NC(=O)COc1ccc(C(=O)c2ccc(Cl)cc2)cc1. The predicted octanol–water partition coefficient (Wildman–Crippen LogP) is 5.11. The van der Waals surface area contributed by atoms with E-state index >= 15 is 0 Å². The molecule has 0 aromatic heterocycles. The van der Waals surface area contributed by atoms with Crippen molar-refractivity contribution in [3.8, 4) is 11.8 Å². The van der Waals surface area contributed by atoms with Crippen molar-refractivity contribution in [2.75, 3.05) is 11.9 Å². The van der Waals surface area contributed by atoms with Crippen LogP contribution in [0.4, 0.5) is 5.69 Å². The van der Waals surface area contributed by atoms with Crippen molar-refractivity contribution in [1.82, 2.24) is 0 Å². The number of carbonyl (C=O) groups excluding carboxylic acids is 2. The third-order valence-electron chi connectivity index (χ3n) is 3.97. The molecule has 0 aliphatic rings. The Kier molecular flexibility index (Phi) is 6.50. The van der Waals surface area contributed by atoms with Crippen LogP contribution in [0.5, 0.6) is 5.75 Å². The van der Waals surface area contributed by atoms with Crippen LogP contribution in [0.2, 0.25) is 10.0 Å². The number of nitriles is 1. The number of rotatable bonds is 6. The maximum Gasteiger partial charge on any atom is 0.262 e. The summed E-state index contributed by atoms with van der Waals surface area (Å²) in [6.07, 6.45) is 0. The number of anilines is 1. The molecule has 0 aliphatic heterocycles. The van der Waals surface area contributed by atoms with Crippen molar-refractivity contribution in [1.29, 1.82) is 5.26 Å². The lowest BCUT2D eigenvalue weighted by atomic mass is 10.0. The van der Waals surface area contributed by atoms with E-state index < -0.39 is 5.91 Å². The van der Waals surface area contributed by atoms with Crippen LogP contribution in [0.3, 0.4) is 0 Å². The van der Waals surface area contributed by atoms with Gasteiger partial charge in [-0.15, -0.1) is 0 Å². The number of nitrogens with zero attached hydrogens (tertiary/aromatic N) is 1. The van der Waals surface area contributed by atoms with Gasteiger partial charge in [0.05, 0.1) is 11.3 Å². The van der Waals surface area contributed by atoms with Crippen LogP contribution in [0.25, 0.3) is 0 Å². The van der Waals surface area contributed by atoms with Gasteiger partial charge in [-0.05, 0) is 66.7 Å². The molecule has 0 heterocycles. The van der Waals surface area contributed by atoms with Crippen molar-refractivity contribution in [2.24, 2.45) is 0 Å². The maximum atomic E-state index is 12.4. The Hall–Kier alpha value is -3.33. The molecule has 29 heavy (non-hydrogen) atoms. The van der Waals surface area contributed by atoms with Crippen LogP contribution >= 0.6 is 23.2 Å². The van der Waals surface area contributed by atoms with Crippen molar-refractivity contribution < 1.29 is 14.3 Å². The van der Waals surface area contributed by atoms with Crippen molar-refractivity contribution in [3.05, 3.63) is 93.5 Å². The van der Waals surface area contributed by atoms with Crippen LogP contribution in [0.15, 0.2) is 66.7 Å². The first kappa shape index (κ1) is 20.4. The summed E-state index contributed by atoms with van der Waals surface area (Å²) >= 11 is 11.7. The van der Waals surface area contributed by atoms with Crippen molar-refractivity contribution in [2.45, 2.75) is 0 Å². The summed E-state index contributed by atoms with van der Waals surface area (Å²) in [4.78, 5) is 24.5. The van der Waals surface area contributed by atoms with Crippen molar-refractivity contribution in [3.63, 3.8) is 0 Å². The first-order chi connectivity index (χ1) is 14.0. The maximum absolute atomic E-state index is 12.4. The molecule has 5 nitrogen and oxygen atoms in total. The average Bonchev–Trinajstić information content (AvgIpc) is 2.73. The smallest absolute Gasteiger partial charge is 0.262 e. The quantitative estimate of drug-likeness (QED) is 0.557. The molecule has 0 atom stereocenters. The van der Waals surface area contributed by atoms with Gasteiger partial charge in [-0.1, -0.05) is 23.2 Å². The van der Waals surface area contributed by atoms with E-state index in [9.17, 15) is 9.59 Å². The molecule has 3 aromatic rings. The fourth-order valence-corrected chi connectivity index (χ4v) is 2.82. The van der Waals surface area contributed by atoms with Crippen LogP contribution in [0.1, 0.15) is 21.5 Å². The van der Waals surface area contributed by atoms with Crippen LogP contribution in [-0.4, -0.2) is 18.3 Å². The summed E-state index contributed by atoms with van der Waals surface area (Å²) in [6, 6.07) is 19.6. The molecule has 0 saturated carbocycles. The van der Waals surface area contributed by atoms with E-state index in [4.69, 9.17) is 33.2 Å². The summed E-state index contributed by atoms with van der Waals surface area (Å²) < 4.78 is 5.44. The first-order valence-electron chi connectivity index (χ1n) is 8.49. The van der Waals surface area contributed by atoms with Gasteiger partial charge in [0, 0.05) is 21.2 Å². The third kappa shape index (κ3) is 5.35. The molecule has 0 saturated heterocycles. The molecule has 0 unspecified atom stereocenters. The third-order valence-corrected chi connectivity index (χ3v) is 4.46. The molecular formula is C22H14Cl2N2O3. The van der Waals surface area contributed by atoms with Gasteiger partial charge < -0.3 is 10.1 Å². The molecule has 1 N–H and O–H groups in total. The van der Waals surface area contributed by atoms with E-state index in [1.807, 2.05) is 6.07 Å². The van der Waals surface area contributed by atoms with Gasteiger partial charge in [0.25, 0.3) is 5.91 Å². The van der Waals surface area contributed by atoms with E-state index in [2.05, 4.69) is 5.32 Å². The van der Waals surface area contributed by atoms with E-state index in [0.29, 0.717) is 38.2 Å². The van der Waals surface area contributed by atoms with Crippen molar-refractivity contribution >= 4 is 40.6 Å². The number of ether oxygens (including phenoxy) is 1. The largest absolute Gasteiger partial charge is 0.484 e. The second-order valence-corrected chi connectivity index (χ2v) is 6.87. The molecule has 0 fully saturated rings. The summed E-state index contributed by atoms with van der Waals surface area (Å²) in [7, 11) is 0. The average molecular weight is 425 g/mol. The highest BCUT2D eigenvalue weighted by molar-refractivity contribution is 6.31. The number of hydrogen-bond acceptors (Lipinski definition) is 4. The molecule has 0 spiro atoms. The molecule has 0 radical (unpaired) electrons. The van der Waals surface area contributed by atoms with Gasteiger partial charge in [-0.2, -0.15) is 5.26 Å². The fraction of sp³-hybridized carbons (Fsp3) is 0.0455. The second kappa shape index (κ2) is 9.24. The zero-order valence-electron chi connectivity index (χ0n) is 15.0. The minimum Gasteiger partial charge on any atom is -0.484 e. The predicted molar refractivity (Wildman–Crippen MR) is 112 cm³/mol. The normalized spacial score (nSPS) is 10.1. The standard InChI is InChI=1S/C22H14Cl2N2O3/c23-17-6-1-14(2-7-17)22(28)15-4-9-19(10-5-15)29-13-21(27)26-20-11-18(24)8-3-16(20)12-25/h1-11H,13H2,(H,26,27). The summed E-state index contributed by atoms with van der Waals surface area (Å²) in [5.74, 6) is -0.152. The van der Waals surface area contributed by atoms with Gasteiger partial charge in [-0.3, -0.25) is 9.59 Å². The molecule has 3 rings (SSSR count). The number of nitrogens with one attached hydrogen (secondary N) is 1. The Morgan fingerprint density at radius 1 is 0.897 bits per heavy atom. The number of halogens is 2. The number of hydrogen-bond donors (Lipinski definition) is 1. The highest BCUT2D eigenvalue weighted by Gasteiger charge is 2.11.